The Morgan fingerprint density at radius 2 is 1.00 bits per heavy atom. The van der Waals surface area contributed by atoms with Crippen molar-refractivity contribution < 1.29 is 9.90 Å². The fraction of sp³-hybridized carbons (Fsp3) is 0.938. The molecule has 0 amide bonds. The molecule has 0 aliphatic rings. The van der Waals surface area contributed by atoms with E-state index in [0.717, 1.165) is 12.8 Å². The van der Waals surface area contributed by atoms with E-state index in [1.807, 2.05) is 0 Å². The van der Waals surface area contributed by atoms with Gasteiger partial charge in [-0.25, -0.2) is 0 Å². The van der Waals surface area contributed by atoms with Crippen LogP contribution < -0.4 is 5.11 Å². The molecule has 0 rings (SSSR count). The molecule has 0 bridgehead atoms. The summed E-state index contributed by atoms with van der Waals surface area (Å²) >= 11 is 0. The first kappa shape index (κ1) is 21.3. The third-order valence-electron chi connectivity index (χ3n) is 3.48. The minimum absolute atomic E-state index is 0. The zero-order valence-electron chi connectivity index (χ0n) is 12.8. The normalized spacial score (nSPS) is 10.2. The average molecular weight is 282 g/mol. The molecule has 0 atom stereocenters. The molecule has 110 valence electrons. The second-order valence-electron chi connectivity index (χ2n) is 5.36. The zero-order chi connectivity index (χ0) is 13.5. The van der Waals surface area contributed by atoms with Gasteiger partial charge in [-0.15, -0.1) is 0 Å². The van der Waals surface area contributed by atoms with Crippen LogP contribution in [0.4, 0.5) is 0 Å². The van der Waals surface area contributed by atoms with Crippen LogP contribution in [0, 0.1) is 0 Å². The Hall–Kier alpha value is 0.00247. The van der Waals surface area contributed by atoms with Crippen molar-refractivity contribution in [3.8, 4) is 0 Å². The fourth-order valence-corrected chi connectivity index (χ4v) is 2.29. The van der Waals surface area contributed by atoms with Gasteiger partial charge in [0.15, 0.2) is 0 Å². The summed E-state index contributed by atoms with van der Waals surface area (Å²) in [6.07, 6.45) is 16.9. The van der Waals surface area contributed by atoms with Crippen molar-refractivity contribution in [1.82, 2.24) is 0 Å². The van der Waals surface area contributed by atoms with E-state index in [4.69, 9.17) is 0 Å². The smallest absolute Gasteiger partial charge is 0.550 e. The van der Waals surface area contributed by atoms with Crippen molar-refractivity contribution in [2.45, 2.75) is 96.8 Å². The van der Waals surface area contributed by atoms with Crippen molar-refractivity contribution in [3.63, 3.8) is 0 Å². The van der Waals surface area contributed by atoms with Crippen LogP contribution in [0.2, 0.25) is 0 Å². The molecule has 0 aliphatic heterocycles. The van der Waals surface area contributed by atoms with Crippen LogP contribution in [0.5, 0.6) is 0 Å². The maximum absolute atomic E-state index is 10.2. The van der Waals surface area contributed by atoms with Crippen LogP contribution in [0.1, 0.15) is 96.8 Å². The Kier molecular flexibility index (Phi) is 20.2. The van der Waals surface area contributed by atoms with Gasteiger partial charge in [-0.05, 0) is 12.8 Å². The molecular formula is C16H31AlO2. The van der Waals surface area contributed by atoms with Gasteiger partial charge < -0.3 is 9.90 Å². The predicted octanol–water partition coefficient (Wildman–Crippen LogP) is 3.84. The summed E-state index contributed by atoms with van der Waals surface area (Å²) in [6, 6.07) is 0. The van der Waals surface area contributed by atoms with E-state index in [1.54, 1.807) is 0 Å². The van der Waals surface area contributed by atoms with Gasteiger partial charge in [0.1, 0.15) is 0 Å². The number of hydrogen-bond acceptors (Lipinski definition) is 2. The van der Waals surface area contributed by atoms with Crippen LogP contribution in [0.25, 0.3) is 0 Å². The van der Waals surface area contributed by atoms with E-state index in [0.29, 0.717) is 0 Å². The Morgan fingerprint density at radius 1 is 0.684 bits per heavy atom. The van der Waals surface area contributed by atoms with Gasteiger partial charge in [0.05, 0.1) is 0 Å². The zero-order valence-corrected chi connectivity index (χ0v) is 13.9. The molecular weight excluding hydrogens is 251 g/mol. The van der Waals surface area contributed by atoms with E-state index >= 15 is 0 Å². The summed E-state index contributed by atoms with van der Waals surface area (Å²) in [4.78, 5) is 10.2. The number of unbranched alkanes of at least 4 members (excludes halogenated alkanes) is 12. The molecule has 19 heavy (non-hydrogen) atoms. The van der Waals surface area contributed by atoms with E-state index in [2.05, 4.69) is 6.92 Å². The SMILES string of the molecule is CCCCCCCCCCCCCCCC(=O)[O-].[Al+]. The molecule has 0 fully saturated rings. The molecule has 2 nitrogen and oxygen atoms in total. The predicted molar refractivity (Wildman–Crippen MR) is 81.1 cm³/mol. The van der Waals surface area contributed by atoms with Gasteiger partial charge in [-0.1, -0.05) is 84.0 Å². The van der Waals surface area contributed by atoms with Gasteiger partial charge in [-0.3, -0.25) is 0 Å². The minimum atomic E-state index is -0.905. The van der Waals surface area contributed by atoms with Crippen LogP contribution in [-0.4, -0.2) is 23.3 Å². The molecule has 3 heteroatoms. The van der Waals surface area contributed by atoms with E-state index in [-0.39, 0.29) is 23.8 Å². The molecule has 0 aromatic rings. The molecule has 0 unspecified atom stereocenters. The number of carbonyl (C=O) groups is 1. The number of carbonyl (C=O) groups excluding carboxylic acids is 1. The van der Waals surface area contributed by atoms with Gasteiger partial charge in [-0.2, -0.15) is 0 Å². The standard InChI is InChI=1S/C16H32O2.Al/c1-2-3-4-5-6-7-8-9-10-11-12-13-14-15-16(17)18;/h2-15H2,1H3,(H,17,18);/q;+1/p-1. The van der Waals surface area contributed by atoms with Crippen molar-refractivity contribution in [2.24, 2.45) is 0 Å². The number of carboxylic acids is 1. The quantitative estimate of drug-likeness (QED) is 0.359. The summed E-state index contributed by atoms with van der Waals surface area (Å²) in [6.45, 7) is 2.26. The number of aliphatic carboxylic acids is 1. The van der Waals surface area contributed by atoms with Crippen LogP contribution in [0.15, 0.2) is 0 Å². The monoisotopic (exact) mass is 282 g/mol. The Morgan fingerprint density at radius 3 is 1.32 bits per heavy atom. The van der Waals surface area contributed by atoms with Crippen LogP contribution in [0.3, 0.4) is 0 Å². The summed E-state index contributed by atoms with van der Waals surface area (Å²) in [5, 5.41) is 10.2. The van der Waals surface area contributed by atoms with Gasteiger partial charge in [0.2, 0.25) is 0 Å². The molecule has 0 heterocycles. The Balaban J connectivity index is 0. The first-order chi connectivity index (χ1) is 8.77. The van der Waals surface area contributed by atoms with Crippen LogP contribution >= 0.6 is 0 Å². The first-order valence-electron chi connectivity index (χ1n) is 7.97. The van der Waals surface area contributed by atoms with E-state index in [9.17, 15) is 9.90 Å². The Bertz CT molecular complexity index is 184. The summed E-state index contributed by atoms with van der Waals surface area (Å²) in [5.74, 6) is -0.905. The molecule has 0 saturated carbocycles. The van der Waals surface area contributed by atoms with Gasteiger partial charge in [0.25, 0.3) is 0 Å². The van der Waals surface area contributed by atoms with E-state index < -0.39 is 5.97 Å². The summed E-state index contributed by atoms with van der Waals surface area (Å²) < 4.78 is 0. The molecule has 2 radical (unpaired) electrons. The minimum Gasteiger partial charge on any atom is -0.550 e. The van der Waals surface area contributed by atoms with Gasteiger partial charge >= 0.3 is 17.4 Å². The third kappa shape index (κ3) is 20.5. The van der Waals surface area contributed by atoms with Crippen molar-refractivity contribution in [1.29, 1.82) is 0 Å². The average Bonchev–Trinajstić information content (AvgIpc) is 2.34. The van der Waals surface area contributed by atoms with Crippen molar-refractivity contribution in [3.05, 3.63) is 0 Å². The van der Waals surface area contributed by atoms with Crippen molar-refractivity contribution in [2.75, 3.05) is 0 Å². The van der Waals surface area contributed by atoms with Gasteiger partial charge in [0, 0.05) is 5.97 Å². The molecule has 0 aromatic heterocycles. The number of carboxylic acid groups (broad SMARTS) is 1. The Labute approximate surface area is 130 Å². The first-order valence-corrected chi connectivity index (χ1v) is 7.97. The molecule has 0 N–H and O–H groups in total. The summed E-state index contributed by atoms with van der Waals surface area (Å²) in [7, 11) is 0. The second kappa shape index (κ2) is 18.0. The topological polar surface area (TPSA) is 40.1 Å². The molecule has 0 aromatic carbocycles. The second-order valence-corrected chi connectivity index (χ2v) is 5.36. The number of hydrogen-bond donors (Lipinski definition) is 0. The molecule has 0 saturated heterocycles. The summed E-state index contributed by atoms with van der Waals surface area (Å²) in [5.41, 5.74) is 0. The number of rotatable bonds is 14. The molecule has 0 spiro atoms. The van der Waals surface area contributed by atoms with E-state index in [1.165, 1.54) is 70.6 Å². The third-order valence-corrected chi connectivity index (χ3v) is 3.48. The maximum atomic E-state index is 10.2. The fourth-order valence-electron chi connectivity index (χ4n) is 2.29. The largest absolute Gasteiger partial charge is 1.00 e. The van der Waals surface area contributed by atoms with Crippen molar-refractivity contribution >= 4 is 23.3 Å². The van der Waals surface area contributed by atoms with Crippen LogP contribution in [-0.2, 0) is 4.79 Å². The maximum Gasteiger partial charge on any atom is 1.00 e. The molecule has 0 aliphatic carbocycles.